The van der Waals surface area contributed by atoms with Gasteiger partial charge in [-0.1, -0.05) is 36.0 Å². The number of thioether (sulfide) groups is 2. The van der Waals surface area contributed by atoms with Gasteiger partial charge < -0.3 is 10.2 Å². The smallest absolute Gasteiger partial charge is 0.249 e. The van der Waals surface area contributed by atoms with E-state index in [9.17, 15) is 15.0 Å². The molecule has 3 heterocycles. The number of amidine groups is 1. The first kappa shape index (κ1) is 17.8. The van der Waals surface area contributed by atoms with Gasteiger partial charge in [-0.2, -0.15) is 0 Å². The van der Waals surface area contributed by atoms with Crippen LogP contribution in [0.4, 0.5) is 0 Å². The predicted molar refractivity (Wildman–Crippen MR) is 111 cm³/mol. The number of β-lactam (4-membered cyclic amide) rings is 1. The van der Waals surface area contributed by atoms with Crippen LogP contribution in [-0.2, 0) is 4.79 Å². The van der Waals surface area contributed by atoms with Crippen LogP contribution in [0.15, 0.2) is 64.1 Å². The largest absolute Gasteiger partial charge is 0.508 e. The third-order valence-electron chi connectivity index (χ3n) is 4.78. The van der Waals surface area contributed by atoms with E-state index >= 15 is 0 Å². The van der Waals surface area contributed by atoms with Gasteiger partial charge in [-0.25, -0.2) is 5.01 Å². The Kier molecular flexibility index (Phi) is 4.22. The molecule has 1 saturated heterocycles. The van der Waals surface area contributed by atoms with Crippen LogP contribution in [0.3, 0.4) is 0 Å². The molecule has 28 heavy (non-hydrogen) atoms. The number of nitrogens with zero attached hydrogens (tertiary/aromatic N) is 3. The van der Waals surface area contributed by atoms with Gasteiger partial charge in [0.1, 0.15) is 27.3 Å². The number of alkyl halides is 1. The van der Waals surface area contributed by atoms with Crippen molar-refractivity contribution in [3.63, 3.8) is 0 Å². The quantitative estimate of drug-likeness (QED) is 0.549. The minimum absolute atomic E-state index is 0.0455. The van der Waals surface area contributed by atoms with Gasteiger partial charge in [0.25, 0.3) is 0 Å². The molecule has 3 aliphatic heterocycles. The molecule has 1 amide bonds. The molecule has 0 saturated carbocycles. The van der Waals surface area contributed by atoms with E-state index in [-0.39, 0.29) is 28.8 Å². The van der Waals surface area contributed by atoms with E-state index in [1.807, 2.05) is 22.5 Å². The van der Waals surface area contributed by atoms with Crippen LogP contribution in [0.2, 0.25) is 0 Å². The maximum absolute atomic E-state index is 12.5. The average Bonchev–Trinajstić information content (AvgIpc) is 3.27. The summed E-state index contributed by atoms with van der Waals surface area (Å²) in [4.78, 5) is 14.1. The molecule has 2 aromatic carbocycles. The number of phenols is 2. The Hall–Kier alpha value is -2.29. The third kappa shape index (κ3) is 2.75. The maximum atomic E-state index is 12.5. The van der Waals surface area contributed by atoms with E-state index in [0.717, 1.165) is 16.2 Å². The molecular formula is C19H14ClN3O3S2. The highest BCUT2D eigenvalue weighted by Gasteiger charge is 2.52. The normalized spacial score (nSPS) is 26.0. The third-order valence-corrected chi connectivity index (χ3v) is 7.42. The fourth-order valence-electron chi connectivity index (χ4n) is 3.34. The summed E-state index contributed by atoms with van der Waals surface area (Å²) >= 11 is 9.37. The van der Waals surface area contributed by atoms with Crippen LogP contribution in [-0.4, -0.2) is 36.6 Å². The monoisotopic (exact) mass is 431 g/mol. The van der Waals surface area contributed by atoms with Gasteiger partial charge in [-0.3, -0.25) is 9.69 Å². The van der Waals surface area contributed by atoms with Crippen molar-refractivity contribution in [1.82, 2.24) is 9.91 Å². The Morgan fingerprint density at radius 3 is 2.21 bits per heavy atom. The summed E-state index contributed by atoms with van der Waals surface area (Å²) in [6.45, 7) is 0. The lowest BCUT2D eigenvalue weighted by Crippen LogP contribution is -2.57. The summed E-state index contributed by atoms with van der Waals surface area (Å²) in [7, 11) is 0. The highest BCUT2D eigenvalue weighted by atomic mass is 35.5. The van der Waals surface area contributed by atoms with Crippen molar-refractivity contribution >= 4 is 46.2 Å². The number of halogens is 1. The summed E-state index contributed by atoms with van der Waals surface area (Å²) in [6.07, 6.45) is 0. The molecule has 2 aromatic rings. The Balaban J connectivity index is 1.42. The Morgan fingerprint density at radius 2 is 1.57 bits per heavy atom. The second-order valence-electron chi connectivity index (χ2n) is 6.51. The second kappa shape index (κ2) is 6.65. The van der Waals surface area contributed by atoms with Gasteiger partial charge >= 0.3 is 0 Å². The molecule has 5 rings (SSSR count). The van der Waals surface area contributed by atoms with Crippen LogP contribution in [0, 0.1) is 0 Å². The summed E-state index contributed by atoms with van der Waals surface area (Å²) in [5.74, 6) is 0.205. The van der Waals surface area contributed by atoms with E-state index in [2.05, 4.69) is 5.10 Å². The summed E-state index contributed by atoms with van der Waals surface area (Å²) in [5.41, 5.74) is 1.87. The zero-order chi connectivity index (χ0) is 19.4. The molecule has 9 heteroatoms. The van der Waals surface area contributed by atoms with Crippen molar-refractivity contribution in [3.05, 3.63) is 70.1 Å². The minimum atomic E-state index is -0.653. The van der Waals surface area contributed by atoms with E-state index in [4.69, 9.17) is 11.6 Å². The van der Waals surface area contributed by atoms with Crippen molar-refractivity contribution < 1.29 is 15.0 Å². The minimum Gasteiger partial charge on any atom is -0.508 e. The van der Waals surface area contributed by atoms with Crippen LogP contribution in [0.1, 0.15) is 22.5 Å². The number of phenolic OH excluding ortho intramolecular Hbond substituents is 2. The van der Waals surface area contributed by atoms with Crippen molar-refractivity contribution in [2.24, 2.45) is 5.10 Å². The van der Waals surface area contributed by atoms with Gasteiger partial charge in [0, 0.05) is 5.41 Å². The van der Waals surface area contributed by atoms with Gasteiger partial charge in [-0.15, -0.1) is 16.7 Å². The van der Waals surface area contributed by atoms with Crippen molar-refractivity contribution in [2.45, 2.75) is 16.8 Å². The molecule has 3 aliphatic rings. The topological polar surface area (TPSA) is 76.4 Å². The summed E-state index contributed by atoms with van der Waals surface area (Å²) < 4.78 is 0. The Bertz CT molecular complexity index is 1010. The zero-order valence-corrected chi connectivity index (χ0v) is 16.7. The molecule has 0 radical (unpaired) electrons. The lowest BCUT2D eigenvalue weighted by molar-refractivity contribution is -0.138. The van der Waals surface area contributed by atoms with Crippen molar-refractivity contribution in [3.8, 4) is 11.5 Å². The molecular weight excluding hydrogens is 418 g/mol. The Morgan fingerprint density at radius 1 is 0.964 bits per heavy atom. The van der Waals surface area contributed by atoms with Crippen LogP contribution < -0.4 is 0 Å². The average molecular weight is 432 g/mol. The Labute approximate surface area is 174 Å². The molecule has 1 fully saturated rings. The first-order valence-electron chi connectivity index (χ1n) is 8.49. The summed E-state index contributed by atoms with van der Waals surface area (Å²) in [5, 5.41) is 28.5. The predicted octanol–water partition coefficient (Wildman–Crippen LogP) is 4.15. The van der Waals surface area contributed by atoms with E-state index in [0.29, 0.717) is 5.17 Å². The number of hydrogen-bond donors (Lipinski definition) is 2. The first-order valence-corrected chi connectivity index (χ1v) is 10.7. The number of hydrogen-bond acceptors (Lipinski definition) is 7. The molecule has 6 nitrogen and oxygen atoms in total. The number of carbonyl (C=O) groups is 1. The van der Waals surface area contributed by atoms with Crippen LogP contribution in [0.25, 0.3) is 0 Å². The zero-order valence-electron chi connectivity index (χ0n) is 14.3. The number of benzene rings is 2. The number of rotatable bonds is 2. The lowest BCUT2D eigenvalue weighted by Gasteiger charge is -2.43. The molecule has 0 spiro atoms. The van der Waals surface area contributed by atoms with Crippen molar-refractivity contribution in [1.29, 1.82) is 0 Å². The fourth-order valence-corrected chi connectivity index (χ4v) is 5.93. The van der Waals surface area contributed by atoms with Crippen LogP contribution >= 0.6 is 35.1 Å². The van der Waals surface area contributed by atoms with E-state index in [1.165, 1.54) is 11.8 Å². The number of aromatic hydroxyl groups is 2. The van der Waals surface area contributed by atoms with Gasteiger partial charge in [0.2, 0.25) is 5.91 Å². The van der Waals surface area contributed by atoms with E-state index in [1.54, 1.807) is 53.1 Å². The lowest BCUT2D eigenvalue weighted by atomic mass is 9.94. The van der Waals surface area contributed by atoms with Crippen LogP contribution in [0.5, 0.6) is 11.5 Å². The molecule has 0 aromatic heterocycles. The number of hydrazone groups is 1. The molecule has 3 unspecified atom stereocenters. The van der Waals surface area contributed by atoms with Crippen molar-refractivity contribution in [2.75, 3.05) is 0 Å². The number of amides is 1. The number of fused-ring (bicyclic) bond motifs is 1. The van der Waals surface area contributed by atoms with Gasteiger partial charge in [0.05, 0.1) is 6.04 Å². The fraction of sp³-hybridized carbons (Fsp3) is 0.158. The summed E-state index contributed by atoms with van der Waals surface area (Å²) in [6, 6.07) is 13.4. The van der Waals surface area contributed by atoms with Gasteiger partial charge in [-0.05, 0) is 47.2 Å². The second-order valence-corrected chi connectivity index (χ2v) is 8.92. The highest BCUT2D eigenvalue weighted by molar-refractivity contribution is 8.18. The molecule has 0 aliphatic carbocycles. The first-order chi connectivity index (χ1) is 13.5. The maximum Gasteiger partial charge on any atom is 0.249 e. The van der Waals surface area contributed by atoms with Gasteiger partial charge in [0.15, 0.2) is 5.17 Å². The van der Waals surface area contributed by atoms with E-state index < -0.39 is 5.38 Å². The highest BCUT2D eigenvalue weighted by Crippen LogP contribution is 2.52. The molecule has 3 atom stereocenters. The molecule has 142 valence electrons. The number of likely N-dealkylation sites (tertiary alicyclic amines) is 1. The SMILES string of the molecule is O=C1C(Cl)C(c2ccc(O)cc2)N1C1=NN2C(=CSC2c2ccc(O)cc2)S1. The number of carbonyl (C=O) groups excluding carboxylic acids is 1. The molecule has 2 N–H and O–H groups in total. The molecule has 0 bridgehead atoms. The standard InChI is InChI=1S/C19H14ClN3O3S2/c20-15-16(10-1-5-12(24)6-2-10)22(17(15)26)19-21-23-14(28-19)9-27-18(23)11-3-7-13(25)8-4-11/h1-9,15-16,18,24-25H.